The molecule has 28 heavy (non-hydrogen) atoms. The van der Waals surface area contributed by atoms with Crippen LogP contribution in [-0.2, 0) is 16.2 Å². The minimum absolute atomic E-state index is 0.0480. The largest absolute Gasteiger partial charge is 0.481 e. The van der Waals surface area contributed by atoms with E-state index >= 15 is 0 Å². The lowest BCUT2D eigenvalue weighted by Crippen LogP contribution is -2.38. The molecule has 148 valence electrons. The van der Waals surface area contributed by atoms with Crippen LogP contribution in [0.2, 0.25) is 0 Å². The first-order chi connectivity index (χ1) is 13.6. The van der Waals surface area contributed by atoms with Gasteiger partial charge in [0.1, 0.15) is 6.61 Å². The van der Waals surface area contributed by atoms with Crippen LogP contribution in [0.3, 0.4) is 0 Å². The maximum absolute atomic E-state index is 13.0. The molecule has 2 aromatic rings. The van der Waals surface area contributed by atoms with E-state index in [1.807, 2.05) is 36.4 Å². The van der Waals surface area contributed by atoms with Crippen molar-refractivity contribution in [2.75, 3.05) is 6.54 Å². The number of hydrogen-bond acceptors (Lipinski definition) is 3. The van der Waals surface area contributed by atoms with Crippen molar-refractivity contribution in [3.63, 3.8) is 0 Å². The number of carbonyl (C=O) groups is 2. The molecule has 5 heteroatoms. The van der Waals surface area contributed by atoms with Crippen molar-refractivity contribution in [1.82, 2.24) is 5.06 Å². The Kier molecular flexibility index (Phi) is 7.20. The van der Waals surface area contributed by atoms with Crippen LogP contribution in [0.1, 0.15) is 48.0 Å². The third-order valence-electron chi connectivity index (χ3n) is 5.31. The van der Waals surface area contributed by atoms with Gasteiger partial charge in [-0.2, -0.15) is 0 Å². The number of amides is 1. The van der Waals surface area contributed by atoms with E-state index in [1.165, 1.54) is 5.06 Å². The summed E-state index contributed by atoms with van der Waals surface area (Å²) in [6.07, 6.45) is 5.05. The van der Waals surface area contributed by atoms with Crippen molar-refractivity contribution in [2.24, 2.45) is 11.8 Å². The molecule has 0 spiro atoms. The molecule has 0 aromatic heterocycles. The third kappa shape index (κ3) is 5.67. The highest BCUT2D eigenvalue weighted by Crippen LogP contribution is 2.31. The van der Waals surface area contributed by atoms with Crippen LogP contribution >= 0.6 is 0 Å². The highest BCUT2D eigenvalue weighted by molar-refractivity contribution is 5.93. The Labute approximate surface area is 165 Å². The fourth-order valence-electron chi connectivity index (χ4n) is 3.75. The lowest BCUT2D eigenvalue weighted by molar-refractivity contribution is -0.159. The van der Waals surface area contributed by atoms with E-state index in [4.69, 9.17) is 4.84 Å². The number of carboxylic acids is 1. The average Bonchev–Trinajstić information content (AvgIpc) is 3.24. The van der Waals surface area contributed by atoms with Gasteiger partial charge in [-0.1, -0.05) is 74.2 Å². The summed E-state index contributed by atoms with van der Waals surface area (Å²) >= 11 is 0. The van der Waals surface area contributed by atoms with Gasteiger partial charge in [0.2, 0.25) is 0 Å². The quantitative estimate of drug-likeness (QED) is 0.648. The molecule has 1 N–H and O–H groups in total. The summed E-state index contributed by atoms with van der Waals surface area (Å²) in [6, 6.07) is 18.4. The third-order valence-corrected chi connectivity index (χ3v) is 5.31. The van der Waals surface area contributed by atoms with Gasteiger partial charge in [0.05, 0.1) is 12.5 Å². The van der Waals surface area contributed by atoms with Crippen LogP contribution in [0.4, 0.5) is 0 Å². The van der Waals surface area contributed by atoms with Crippen LogP contribution < -0.4 is 0 Å². The minimum Gasteiger partial charge on any atom is -0.481 e. The molecule has 2 aromatic carbocycles. The van der Waals surface area contributed by atoms with Crippen molar-refractivity contribution in [3.05, 3.63) is 71.8 Å². The van der Waals surface area contributed by atoms with Crippen molar-refractivity contribution in [3.8, 4) is 0 Å². The molecule has 0 radical (unpaired) electrons. The molecule has 0 heterocycles. The number of hydrogen-bond donors (Lipinski definition) is 1. The topological polar surface area (TPSA) is 66.8 Å². The number of benzene rings is 2. The second-order valence-electron chi connectivity index (χ2n) is 7.41. The highest BCUT2D eigenvalue weighted by Gasteiger charge is 2.29. The predicted octanol–water partition coefficient (Wildman–Crippen LogP) is 4.54. The minimum atomic E-state index is -0.874. The van der Waals surface area contributed by atoms with Gasteiger partial charge in [0, 0.05) is 5.56 Å². The summed E-state index contributed by atoms with van der Waals surface area (Å²) in [7, 11) is 0. The van der Waals surface area contributed by atoms with Crippen LogP contribution in [0.15, 0.2) is 60.7 Å². The number of carboxylic acid groups (broad SMARTS) is 1. The molecule has 1 amide bonds. The zero-order chi connectivity index (χ0) is 19.8. The maximum Gasteiger partial charge on any atom is 0.308 e. The van der Waals surface area contributed by atoms with Gasteiger partial charge in [-0.25, -0.2) is 5.06 Å². The van der Waals surface area contributed by atoms with Gasteiger partial charge < -0.3 is 5.11 Å². The molecule has 1 saturated carbocycles. The van der Waals surface area contributed by atoms with Gasteiger partial charge in [0.25, 0.3) is 5.91 Å². The SMILES string of the molecule is O=C(O)C(CC1CCCC1)CN(OCc1ccccc1)C(=O)c1ccccc1. The number of hydroxylamine groups is 2. The Morgan fingerprint density at radius 3 is 2.21 bits per heavy atom. The average molecular weight is 381 g/mol. The lowest BCUT2D eigenvalue weighted by Gasteiger charge is -2.26. The zero-order valence-corrected chi connectivity index (χ0v) is 16.0. The molecule has 5 nitrogen and oxygen atoms in total. The highest BCUT2D eigenvalue weighted by atomic mass is 16.7. The Morgan fingerprint density at radius 2 is 1.61 bits per heavy atom. The summed E-state index contributed by atoms with van der Waals surface area (Å²) in [4.78, 5) is 30.6. The number of carbonyl (C=O) groups excluding carboxylic acids is 1. The normalized spacial score (nSPS) is 15.3. The molecule has 1 atom stereocenters. The van der Waals surface area contributed by atoms with Crippen LogP contribution in [0, 0.1) is 11.8 Å². The molecule has 0 aliphatic heterocycles. The second kappa shape index (κ2) is 10.0. The van der Waals surface area contributed by atoms with Gasteiger partial charge in [-0.15, -0.1) is 0 Å². The Morgan fingerprint density at radius 1 is 1.00 bits per heavy atom. The van der Waals surface area contributed by atoms with Gasteiger partial charge in [0.15, 0.2) is 0 Å². The molecule has 1 aliphatic rings. The van der Waals surface area contributed by atoms with Crippen molar-refractivity contribution in [2.45, 2.75) is 38.7 Å². The van der Waals surface area contributed by atoms with Crippen molar-refractivity contribution >= 4 is 11.9 Å². The van der Waals surface area contributed by atoms with Gasteiger partial charge in [-0.3, -0.25) is 14.4 Å². The fraction of sp³-hybridized carbons (Fsp3) is 0.391. The molecule has 0 saturated heterocycles. The maximum atomic E-state index is 13.0. The van der Waals surface area contributed by atoms with E-state index in [-0.39, 0.29) is 19.1 Å². The second-order valence-corrected chi connectivity index (χ2v) is 7.41. The van der Waals surface area contributed by atoms with E-state index in [9.17, 15) is 14.7 Å². The summed E-state index contributed by atoms with van der Waals surface area (Å²) < 4.78 is 0. The molecule has 1 fully saturated rings. The monoisotopic (exact) mass is 381 g/mol. The van der Waals surface area contributed by atoms with Crippen LogP contribution in [0.5, 0.6) is 0 Å². The first kappa shape index (κ1) is 20.1. The van der Waals surface area contributed by atoms with E-state index in [0.717, 1.165) is 31.2 Å². The predicted molar refractivity (Wildman–Crippen MR) is 106 cm³/mol. The fourth-order valence-corrected chi connectivity index (χ4v) is 3.75. The molecular weight excluding hydrogens is 354 g/mol. The van der Waals surface area contributed by atoms with E-state index in [2.05, 4.69) is 0 Å². The number of nitrogens with zero attached hydrogens (tertiary/aromatic N) is 1. The van der Waals surface area contributed by atoms with Crippen LogP contribution in [0.25, 0.3) is 0 Å². The van der Waals surface area contributed by atoms with Gasteiger partial charge in [-0.05, 0) is 30.0 Å². The first-order valence-electron chi connectivity index (χ1n) is 9.90. The zero-order valence-electron chi connectivity index (χ0n) is 16.0. The standard InChI is InChI=1S/C23H27NO4/c25-22(20-13-5-2-6-14-20)24(28-17-19-11-3-1-4-12-19)16-21(23(26)27)15-18-9-7-8-10-18/h1-6,11-14,18,21H,7-10,15-17H2,(H,26,27). The first-order valence-corrected chi connectivity index (χ1v) is 9.90. The Balaban J connectivity index is 1.73. The van der Waals surface area contributed by atoms with E-state index in [1.54, 1.807) is 24.3 Å². The summed E-state index contributed by atoms with van der Waals surface area (Å²) in [5, 5.41) is 11.0. The Hall–Kier alpha value is -2.66. The smallest absolute Gasteiger partial charge is 0.308 e. The molecule has 1 aliphatic carbocycles. The molecule has 1 unspecified atom stereocenters. The van der Waals surface area contributed by atoms with E-state index in [0.29, 0.717) is 17.9 Å². The number of aliphatic carboxylic acids is 1. The van der Waals surface area contributed by atoms with Gasteiger partial charge >= 0.3 is 5.97 Å². The molecular formula is C23H27NO4. The summed E-state index contributed by atoms with van der Waals surface area (Å²) in [5.41, 5.74) is 1.41. The number of rotatable bonds is 9. The summed E-state index contributed by atoms with van der Waals surface area (Å²) in [6.45, 7) is 0.265. The molecule has 3 rings (SSSR count). The van der Waals surface area contributed by atoms with Crippen molar-refractivity contribution < 1.29 is 19.5 Å². The van der Waals surface area contributed by atoms with Crippen LogP contribution in [-0.4, -0.2) is 28.6 Å². The van der Waals surface area contributed by atoms with Crippen molar-refractivity contribution in [1.29, 1.82) is 0 Å². The lowest BCUT2D eigenvalue weighted by atomic mass is 9.93. The Bertz CT molecular complexity index is 757. The summed E-state index contributed by atoms with van der Waals surface area (Å²) in [5.74, 6) is -1.40. The van der Waals surface area contributed by atoms with E-state index < -0.39 is 11.9 Å². The molecule has 0 bridgehead atoms.